The number of rotatable bonds is 5. The average molecular weight is 451 g/mol. The first-order valence-electron chi connectivity index (χ1n) is 9.55. The Kier molecular flexibility index (Phi) is 4.91. The molecule has 5 rings (SSSR count). The zero-order chi connectivity index (χ0) is 21.4. The summed E-state index contributed by atoms with van der Waals surface area (Å²) in [5.74, 6) is 0.590. The smallest absolute Gasteiger partial charge is 0.279 e. The number of hydrazone groups is 1. The molecule has 0 saturated heterocycles. The molecule has 0 amide bonds. The minimum Gasteiger partial charge on any atom is -0.497 e. The van der Waals surface area contributed by atoms with Crippen LogP contribution in [-0.2, 0) is 10.0 Å². The third kappa shape index (κ3) is 3.55. The molecular formula is C22H18N4O3S2. The fourth-order valence-electron chi connectivity index (χ4n) is 3.60. The van der Waals surface area contributed by atoms with Gasteiger partial charge in [-0.15, -0.1) is 0 Å². The Labute approximate surface area is 183 Å². The highest BCUT2D eigenvalue weighted by Gasteiger charge is 2.38. The summed E-state index contributed by atoms with van der Waals surface area (Å²) in [5.41, 5.74) is 3.96. The molecule has 0 spiro atoms. The van der Waals surface area contributed by atoms with Crippen molar-refractivity contribution in [1.29, 1.82) is 0 Å². The third-order valence-electron chi connectivity index (χ3n) is 5.21. The van der Waals surface area contributed by atoms with E-state index in [2.05, 4.69) is 15.1 Å². The van der Waals surface area contributed by atoms with E-state index in [9.17, 15) is 8.42 Å². The summed E-state index contributed by atoms with van der Waals surface area (Å²) in [5, 5.41) is 8.50. The van der Waals surface area contributed by atoms with Gasteiger partial charge in [-0.3, -0.25) is 9.97 Å². The van der Waals surface area contributed by atoms with E-state index in [0.717, 1.165) is 22.4 Å². The van der Waals surface area contributed by atoms with E-state index in [1.54, 1.807) is 43.0 Å². The first-order chi connectivity index (χ1) is 15.1. The van der Waals surface area contributed by atoms with Crippen molar-refractivity contribution in [3.63, 3.8) is 0 Å². The van der Waals surface area contributed by atoms with Crippen molar-refractivity contribution in [2.75, 3.05) is 7.11 Å². The lowest BCUT2D eigenvalue weighted by Gasteiger charge is -2.23. The molecule has 2 aromatic heterocycles. The summed E-state index contributed by atoms with van der Waals surface area (Å²) in [7, 11) is -2.34. The standard InChI is InChI=1S/C22H18N4O3S2/c1-29-17-3-5-18(6-4-17)31(27,28)26-22(13-20(25-26)16-8-11-30-14-16)15-2-7-19-21(12-15)24-10-9-23-19/h2-12,14,22H,13H2,1H3/t22-/m1/s1. The first kappa shape index (κ1) is 19.7. The Morgan fingerprint density at radius 3 is 2.52 bits per heavy atom. The van der Waals surface area contributed by atoms with E-state index in [4.69, 9.17) is 4.74 Å². The predicted molar refractivity (Wildman–Crippen MR) is 120 cm³/mol. The summed E-state index contributed by atoms with van der Waals surface area (Å²) < 4.78 is 33.5. The molecule has 1 aliphatic rings. The Morgan fingerprint density at radius 1 is 1.03 bits per heavy atom. The summed E-state index contributed by atoms with van der Waals surface area (Å²) >= 11 is 1.55. The second-order valence-corrected chi connectivity index (χ2v) is 9.61. The fraction of sp³-hybridized carbons (Fsp3) is 0.136. The first-order valence-corrected chi connectivity index (χ1v) is 11.9. The molecule has 0 radical (unpaired) electrons. The van der Waals surface area contributed by atoms with Crippen LogP contribution < -0.4 is 4.74 Å². The topological polar surface area (TPSA) is 84.8 Å². The van der Waals surface area contributed by atoms with E-state index >= 15 is 0 Å². The van der Waals surface area contributed by atoms with Crippen LogP contribution in [0.25, 0.3) is 11.0 Å². The maximum absolute atomic E-state index is 13.5. The van der Waals surface area contributed by atoms with Gasteiger partial charge in [0, 0.05) is 24.4 Å². The van der Waals surface area contributed by atoms with Crippen LogP contribution in [0.4, 0.5) is 0 Å². The zero-order valence-electron chi connectivity index (χ0n) is 16.5. The quantitative estimate of drug-likeness (QED) is 0.454. The van der Waals surface area contributed by atoms with Gasteiger partial charge in [0.1, 0.15) is 5.75 Å². The van der Waals surface area contributed by atoms with Crippen LogP contribution in [0.5, 0.6) is 5.75 Å². The van der Waals surface area contributed by atoms with Gasteiger partial charge in [-0.25, -0.2) is 0 Å². The highest BCUT2D eigenvalue weighted by atomic mass is 32.2. The fourth-order valence-corrected chi connectivity index (χ4v) is 5.70. The van der Waals surface area contributed by atoms with Crippen molar-refractivity contribution in [3.8, 4) is 5.75 Å². The molecule has 0 unspecified atom stereocenters. The number of methoxy groups -OCH3 is 1. The number of thiophene rings is 1. The van der Waals surface area contributed by atoms with Crippen LogP contribution in [0.15, 0.2) is 81.7 Å². The molecule has 0 fully saturated rings. The molecule has 1 aliphatic heterocycles. The van der Waals surface area contributed by atoms with Crippen molar-refractivity contribution in [2.24, 2.45) is 5.10 Å². The molecular weight excluding hydrogens is 432 g/mol. The molecule has 0 aliphatic carbocycles. The van der Waals surface area contributed by atoms with Crippen LogP contribution in [0.1, 0.15) is 23.6 Å². The zero-order valence-corrected chi connectivity index (χ0v) is 18.2. The molecule has 7 nitrogen and oxygen atoms in total. The van der Waals surface area contributed by atoms with Crippen LogP contribution in [0.2, 0.25) is 0 Å². The lowest BCUT2D eigenvalue weighted by atomic mass is 10.00. The van der Waals surface area contributed by atoms with Gasteiger partial charge >= 0.3 is 0 Å². The van der Waals surface area contributed by atoms with Crippen molar-refractivity contribution >= 4 is 38.1 Å². The molecule has 156 valence electrons. The molecule has 1 atom stereocenters. The van der Waals surface area contributed by atoms with Gasteiger partial charge in [0.15, 0.2) is 0 Å². The summed E-state index contributed by atoms with van der Waals surface area (Å²) in [6.07, 6.45) is 3.73. The van der Waals surface area contributed by atoms with Gasteiger partial charge < -0.3 is 4.74 Å². The van der Waals surface area contributed by atoms with E-state index < -0.39 is 16.1 Å². The molecule has 9 heteroatoms. The largest absolute Gasteiger partial charge is 0.497 e. The lowest BCUT2D eigenvalue weighted by Crippen LogP contribution is -2.27. The number of sulfonamides is 1. The number of fused-ring (bicyclic) bond motifs is 1. The summed E-state index contributed by atoms with van der Waals surface area (Å²) in [6, 6.07) is 13.5. The van der Waals surface area contributed by atoms with Crippen molar-refractivity contribution < 1.29 is 13.2 Å². The van der Waals surface area contributed by atoms with Gasteiger partial charge in [0.25, 0.3) is 10.0 Å². The number of aromatic nitrogens is 2. The van der Waals surface area contributed by atoms with Crippen LogP contribution in [0.3, 0.4) is 0 Å². The second-order valence-electron chi connectivity index (χ2n) is 7.04. The van der Waals surface area contributed by atoms with Crippen molar-refractivity contribution in [2.45, 2.75) is 17.4 Å². The summed E-state index contributed by atoms with van der Waals surface area (Å²) in [4.78, 5) is 8.83. The number of hydrogen-bond acceptors (Lipinski definition) is 7. The Bertz CT molecular complexity index is 1370. The molecule has 0 saturated carbocycles. The van der Waals surface area contributed by atoms with Gasteiger partial charge in [0.05, 0.1) is 34.8 Å². The highest BCUT2D eigenvalue weighted by Crippen LogP contribution is 2.38. The normalized spacial score (nSPS) is 16.5. The molecule has 3 heterocycles. The van der Waals surface area contributed by atoms with Gasteiger partial charge in [-0.05, 0) is 58.8 Å². The predicted octanol–water partition coefficient (Wildman–Crippen LogP) is 4.24. The monoisotopic (exact) mass is 450 g/mol. The number of benzene rings is 2. The maximum Gasteiger partial charge on any atom is 0.279 e. The molecule has 2 aromatic carbocycles. The molecule has 0 bridgehead atoms. The lowest BCUT2D eigenvalue weighted by molar-refractivity contribution is 0.371. The maximum atomic E-state index is 13.5. The van der Waals surface area contributed by atoms with Gasteiger partial charge in [-0.1, -0.05) is 6.07 Å². The molecule has 0 N–H and O–H groups in total. The van der Waals surface area contributed by atoms with E-state index in [0.29, 0.717) is 17.7 Å². The van der Waals surface area contributed by atoms with Crippen LogP contribution in [-0.4, -0.2) is 35.6 Å². The minimum absolute atomic E-state index is 0.161. The van der Waals surface area contributed by atoms with Crippen LogP contribution >= 0.6 is 11.3 Å². The van der Waals surface area contributed by atoms with E-state index in [1.807, 2.05) is 35.0 Å². The number of nitrogens with zero attached hydrogens (tertiary/aromatic N) is 4. The SMILES string of the molecule is COc1ccc(S(=O)(=O)N2N=C(c3ccsc3)C[C@@H]2c2ccc3nccnc3c2)cc1. The Balaban J connectivity index is 1.60. The van der Waals surface area contributed by atoms with Gasteiger partial charge in [-0.2, -0.15) is 29.3 Å². The third-order valence-corrected chi connectivity index (χ3v) is 7.59. The van der Waals surface area contributed by atoms with Crippen molar-refractivity contribution in [3.05, 3.63) is 82.8 Å². The van der Waals surface area contributed by atoms with E-state index in [1.165, 1.54) is 16.5 Å². The van der Waals surface area contributed by atoms with E-state index in [-0.39, 0.29) is 4.90 Å². The number of hydrogen-bond donors (Lipinski definition) is 0. The summed E-state index contributed by atoms with van der Waals surface area (Å²) in [6.45, 7) is 0. The van der Waals surface area contributed by atoms with Gasteiger partial charge in [0.2, 0.25) is 0 Å². The Hall–Kier alpha value is -3.30. The number of ether oxygens (including phenoxy) is 1. The van der Waals surface area contributed by atoms with Crippen molar-refractivity contribution in [1.82, 2.24) is 14.4 Å². The second kappa shape index (κ2) is 7.75. The minimum atomic E-state index is -3.88. The highest BCUT2D eigenvalue weighted by molar-refractivity contribution is 7.89. The van der Waals surface area contributed by atoms with Crippen LogP contribution in [0, 0.1) is 0 Å². The average Bonchev–Trinajstić information content (AvgIpc) is 3.49. The Morgan fingerprint density at radius 2 is 1.81 bits per heavy atom. The molecule has 31 heavy (non-hydrogen) atoms. The molecule has 4 aromatic rings.